The molecule has 1 aliphatic heterocycles. The smallest absolute Gasteiger partial charge is 0.235 e. The number of nitrogens with one attached hydrogen (secondary N) is 1. The van der Waals surface area contributed by atoms with Crippen LogP contribution < -0.4 is 5.32 Å². The largest absolute Gasteiger partial charge is 0.342 e. The molecule has 1 N–H and O–H groups in total. The summed E-state index contributed by atoms with van der Waals surface area (Å²) in [5.74, 6) is 2.55. The molecule has 0 radical (unpaired) electrons. The Bertz CT molecular complexity index is 256. The predicted octanol–water partition coefficient (Wildman–Crippen LogP) is 2.64. The third-order valence-corrected chi connectivity index (χ3v) is 5.05. The first-order valence-corrected chi connectivity index (χ1v) is 8.20. The van der Waals surface area contributed by atoms with Crippen molar-refractivity contribution in [3.8, 4) is 0 Å². The van der Waals surface area contributed by atoms with E-state index in [1.165, 1.54) is 0 Å². The van der Waals surface area contributed by atoms with Crippen LogP contribution in [0.25, 0.3) is 0 Å². The highest BCUT2D eigenvalue weighted by Gasteiger charge is 2.29. The second-order valence-corrected chi connectivity index (χ2v) is 6.86. The molecule has 0 bridgehead atoms. The van der Waals surface area contributed by atoms with E-state index < -0.39 is 0 Å². The molecule has 0 aromatic carbocycles. The number of hydrogen-bond acceptors (Lipinski definition) is 3. The van der Waals surface area contributed by atoms with Crippen molar-refractivity contribution in [3.05, 3.63) is 0 Å². The van der Waals surface area contributed by atoms with Crippen LogP contribution >= 0.6 is 24.2 Å². The van der Waals surface area contributed by atoms with Gasteiger partial charge in [0.1, 0.15) is 0 Å². The van der Waals surface area contributed by atoms with Crippen molar-refractivity contribution in [1.29, 1.82) is 0 Å². The number of carbonyl (C=O) groups excluding carboxylic acids is 1. The molecule has 114 valence electrons. The Morgan fingerprint density at radius 3 is 2.37 bits per heavy atom. The van der Waals surface area contributed by atoms with Crippen molar-refractivity contribution in [2.24, 2.45) is 11.8 Å². The molecule has 0 aromatic rings. The first-order valence-electron chi connectivity index (χ1n) is 7.15. The Morgan fingerprint density at radius 1 is 1.37 bits per heavy atom. The second-order valence-electron chi connectivity index (χ2n) is 5.45. The Labute approximate surface area is 128 Å². The van der Waals surface area contributed by atoms with E-state index in [0.717, 1.165) is 44.1 Å². The van der Waals surface area contributed by atoms with Crippen LogP contribution in [-0.4, -0.2) is 48.5 Å². The molecule has 1 rings (SSSR count). The molecule has 1 aliphatic rings. The van der Waals surface area contributed by atoms with Gasteiger partial charge in [0.05, 0.1) is 5.25 Å². The fourth-order valence-electron chi connectivity index (χ4n) is 2.55. The van der Waals surface area contributed by atoms with E-state index in [0.29, 0.717) is 11.8 Å². The number of likely N-dealkylation sites (tertiary alicyclic amines) is 1. The fraction of sp³-hybridized carbons (Fsp3) is 0.929. The van der Waals surface area contributed by atoms with Gasteiger partial charge in [0.15, 0.2) is 0 Å². The number of nitrogens with zero attached hydrogens (tertiary/aromatic N) is 1. The molecule has 0 spiro atoms. The average Bonchev–Trinajstić information content (AvgIpc) is 2.36. The van der Waals surface area contributed by atoms with Gasteiger partial charge in [-0.2, -0.15) is 0 Å². The van der Waals surface area contributed by atoms with Crippen molar-refractivity contribution in [2.45, 2.75) is 38.9 Å². The first kappa shape index (κ1) is 19.1. The standard InChI is InChI=1S/C14H28N2OS.ClH/c1-5-18-13(11(2)3)14(17)16-8-6-12(7-9-16)10-15-4;/h11-13,15H,5-10H2,1-4H3;1H. The summed E-state index contributed by atoms with van der Waals surface area (Å²) in [4.78, 5) is 14.6. The molecule has 1 unspecified atom stereocenters. The molecule has 1 heterocycles. The van der Waals surface area contributed by atoms with E-state index in [-0.39, 0.29) is 17.7 Å². The predicted molar refractivity (Wildman–Crippen MR) is 87.2 cm³/mol. The zero-order valence-electron chi connectivity index (χ0n) is 12.6. The van der Waals surface area contributed by atoms with Crippen molar-refractivity contribution in [1.82, 2.24) is 10.2 Å². The van der Waals surface area contributed by atoms with Gasteiger partial charge in [-0.3, -0.25) is 4.79 Å². The van der Waals surface area contributed by atoms with Gasteiger partial charge < -0.3 is 10.2 Å². The average molecular weight is 309 g/mol. The van der Waals surface area contributed by atoms with Gasteiger partial charge in [-0.1, -0.05) is 20.8 Å². The Hall–Kier alpha value is 0.0700. The lowest BCUT2D eigenvalue weighted by molar-refractivity contribution is -0.132. The number of carbonyl (C=O) groups is 1. The molecule has 1 amide bonds. The highest BCUT2D eigenvalue weighted by molar-refractivity contribution is 8.00. The van der Waals surface area contributed by atoms with Crippen LogP contribution in [0.3, 0.4) is 0 Å². The maximum atomic E-state index is 12.5. The number of piperidine rings is 1. The quantitative estimate of drug-likeness (QED) is 0.819. The topological polar surface area (TPSA) is 32.3 Å². The molecule has 5 heteroatoms. The lowest BCUT2D eigenvalue weighted by Crippen LogP contribution is -2.45. The minimum Gasteiger partial charge on any atom is -0.342 e. The molecule has 1 saturated heterocycles. The highest BCUT2D eigenvalue weighted by Crippen LogP contribution is 2.24. The fourth-order valence-corrected chi connectivity index (χ4v) is 3.59. The zero-order chi connectivity index (χ0) is 13.5. The molecule has 0 aliphatic carbocycles. The molecule has 1 fully saturated rings. The van der Waals surface area contributed by atoms with Crippen LogP contribution in [0.2, 0.25) is 0 Å². The van der Waals surface area contributed by atoms with E-state index >= 15 is 0 Å². The maximum absolute atomic E-state index is 12.5. The summed E-state index contributed by atoms with van der Waals surface area (Å²) in [5.41, 5.74) is 0. The minimum absolute atomic E-state index is 0. The SMILES string of the molecule is CCSC(C(=O)N1CCC(CNC)CC1)C(C)C.Cl. The molecule has 0 aromatic heterocycles. The van der Waals surface area contributed by atoms with Crippen LogP contribution in [0.4, 0.5) is 0 Å². The molecular formula is C14H29ClN2OS. The molecule has 0 saturated carbocycles. The van der Waals surface area contributed by atoms with E-state index in [2.05, 4.69) is 31.0 Å². The van der Waals surface area contributed by atoms with Gasteiger partial charge in [0, 0.05) is 13.1 Å². The third-order valence-electron chi connectivity index (χ3n) is 3.61. The Kier molecular flexibility index (Phi) is 9.93. The van der Waals surface area contributed by atoms with Gasteiger partial charge >= 0.3 is 0 Å². The number of hydrogen-bond donors (Lipinski definition) is 1. The van der Waals surface area contributed by atoms with Gasteiger partial charge in [0.25, 0.3) is 0 Å². The zero-order valence-corrected chi connectivity index (χ0v) is 14.3. The highest BCUT2D eigenvalue weighted by atomic mass is 35.5. The number of amides is 1. The van der Waals surface area contributed by atoms with Gasteiger partial charge in [-0.05, 0) is 44.0 Å². The van der Waals surface area contributed by atoms with E-state index in [1.807, 2.05) is 7.05 Å². The minimum atomic E-state index is 0. The lowest BCUT2D eigenvalue weighted by Gasteiger charge is -2.35. The van der Waals surface area contributed by atoms with Crippen LogP contribution in [0, 0.1) is 11.8 Å². The summed E-state index contributed by atoms with van der Waals surface area (Å²) in [6.07, 6.45) is 2.29. The van der Waals surface area contributed by atoms with Gasteiger partial charge in [0.2, 0.25) is 5.91 Å². The summed E-state index contributed by atoms with van der Waals surface area (Å²) in [7, 11) is 2.00. The summed E-state index contributed by atoms with van der Waals surface area (Å²) in [6.45, 7) is 9.40. The molecular weight excluding hydrogens is 280 g/mol. The lowest BCUT2D eigenvalue weighted by atomic mass is 9.96. The first-order chi connectivity index (χ1) is 8.60. The van der Waals surface area contributed by atoms with Crippen LogP contribution in [0.1, 0.15) is 33.6 Å². The summed E-state index contributed by atoms with van der Waals surface area (Å²) >= 11 is 1.79. The van der Waals surface area contributed by atoms with Crippen LogP contribution in [0.15, 0.2) is 0 Å². The van der Waals surface area contributed by atoms with Crippen molar-refractivity contribution in [3.63, 3.8) is 0 Å². The Balaban J connectivity index is 0.00000324. The number of halogens is 1. The van der Waals surface area contributed by atoms with Gasteiger partial charge in [-0.15, -0.1) is 24.2 Å². The summed E-state index contributed by atoms with van der Waals surface area (Å²) in [6, 6.07) is 0. The summed E-state index contributed by atoms with van der Waals surface area (Å²) in [5, 5.41) is 3.38. The molecule has 19 heavy (non-hydrogen) atoms. The van der Waals surface area contributed by atoms with E-state index in [9.17, 15) is 4.79 Å². The third kappa shape index (κ3) is 5.92. The van der Waals surface area contributed by atoms with Gasteiger partial charge in [-0.25, -0.2) is 0 Å². The van der Waals surface area contributed by atoms with Crippen molar-refractivity contribution >= 4 is 30.1 Å². The maximum Gasteiger partial charge on any atom is 0.235 e. The summed E-state index contributed by atoms with van der Waals surface area (Å²) < 4.78 is 0. The van der Waals surface area contributed by atoms with Crippen molar-refractivity contribution in [2.75, 3.05) is 32.4 Å². The monoisotopic (exact) mass is 308 g/mol. The molecule has 1 atom stereocenters. The number of rotatable bonds is 6. The van der Waals surface area contributed by atoms with Crippen LogP contribution in [0.5, 0.6) is 0 Å². The van der Waals surface area contributed by atoms with E-state index in [1.54, 1.807) is 11.8 Å². The Morgan fingerprint density at radius 2 is 1.95 bits per heavy atom. The number of thioether (sulfide) groups is 1. The normalized spacial score (nSPS) is 18.3. The van der Waals surface area contributed by atoms with E-state index in [4.69, 9.17) is 0 Å². The molecule has 3 nitrogen and oxygen atoms in total. The second kappa shape index (κ2) is 9.89. The van der Waals surface area contributed by atoms with Crippen LogP contribution in [-0.2, 0) is 4.79 Å². The van der Waals surface area contributed by atoms with Crippen molar-refractivity contribution < 1.29 is 4.79 Å².